The maximum atomic E-state index is 13.9. The molecule has 1 aromatic carbocycles. The molecule has 0 saturated carbocycles. The predicted octanol–water partition coefficient (Wildman–Crippen LogP) is 2.83. The number of methoxy groups -OCH3 is 1. The molecule has 0 spiro atoms. The molecule has 0 aromatic heterocycles. The van der Waals surface area contributed by atoms with Crippen molar-refractivity contribution in [3.05, 3.63) is 23.5 Å². The molecule has 0 radical (unpaired) electrons. The van der Waals surface area contributed by atoms with Gasteiger partial charge in [-0.3, -0.25) is 4.79 Å². The van der Waals surface area contributed by atoms with Gasteiger partial charge in [0.05, 0.1) is 24.3 Å². The largest absolute Gasteiger partial charge is 0.495 e. The van der Waals surface area contributed by atoms with Crippen LogP contribution >= 0.6 is 0 Å². The zero-order valence-corrected chi connectivity index (χ0v) is 11.9. The molecule has 1 aromatic rings. The quantitative estimate of drug-likeness (QED) is 0.673. The summed E-state index contributed by atoms with van der Waals surface area (Å²) in [5, 5.41) is 0. The van der Waals surface area contributed by atoms with Crippen LogP contribution in [-0.2, 0) is 0 Å². The summed E-state index contributed by atoms with van der Waals surface area (Å²) in [6.45, 7) is -0.300. The van der Waals surface area contributed by atoms with Gasteiger partial charge in [0.1, 0.15) is 11.6 Å². The van der Waals surface area contributed by atoms with Crippen LogP contribution in [0.3, 0.4) is 0 Å². The van der Waals surface area contributed by atoms with Gasteiger partial charge in [-0.25, -0.2) is 4.39 Å². The van der Waals surface area contributed by atoms with Gasteiger partial charge in [0.15, 0.2) is 0 Å². The summed E-state index contributed by atoms with van der Waals surface area (Å²) in [6.07, 6.45) is -4.17. The Morgan fingerprint density at radius 2 is 2.09 bits per heavy atom. The van der Waals surface area contributed by atoms with Gasteiger partial charge < -0.3 is 15.4 Å². The molecule has 1 atom stereocenters. The zero-order chi connectivity index (χ0) is 16.5. The lowest BCUT2D eigenvalue weighted by Crippen LogP contribution is -2.44. The first-order valence-electron chi connectivity index (χ1n) is 6.73. The molecule has 8 heteroatoms. The number of carbonyl (C=O) groups is 1. The smallest absolute Gasteiger partial charge is 0.393 e. The highest BCUT2D eigenvalue weighted by molar-refractivity contribution is 5.95. The number of piperidine rings is 1. The standard InChI is InChI=1S/C14H16F4N2O2/c1-22-12-5-9(10(15)6-11(12)19)13(21)20-4-2-3-8(7-20)14(16,17)18/h5-6,8H,2-4,7,19H2,1H3. The van der Waals surface area contributed by atoms with Gasteiger partial charge in [-0.15, -0.1) is 0 Å². The number of carbonyl (C=O) groups excluding carboxylic acids is 1. The topological polar surface area (TPSA) is 55.6 Å². The molecular formula is C14H16F4N2O2. The molecule has 0 aliphatic carbocycles. The highest BCUT2D eigenvalue weighted by Gasteiger charge is 2.43. The number of hydrogen-bond donors (Lipinski definition) is 1. The second-order valence-electron chi connectivity index (χ2n) is 5.21. The Labute approximate surface area is 124 Å². The molecule has 1 fully saturated rings. The molecule has 1 amide bonds. The number of alkyl halides is 3. The van der Waals surface area contributed by atoms with Crippen LogP contribution < -0.4 is 10.5 Å². The third-order valence-corrected chi connectivity index (χ3v) is 3.72. The molecular weight excluding hydrogens is 304 g/mol. The molecule has 2 rings (SSSR count). The highest BCUT2D eigenvalue weighted by atomic mass is 19.4. The van der Waals surface area contributed by atoms with Crippen molar-refractivity contribution in [2.24, 2.45) is 5.92 Å². The number of hydrogen-bond acceptors (Lipinski definition) is 3. The second kappa shape index (κ2) is 6.02. The molecule has 4 nitrogen and oxygen atoms in total. The van der Waals surface area contributed by atoms with E-state index >= 15 is 0 Å². The van der Waals surface area contributed by atoms with Gasteiger partial charge >= 0.3 is 6.18 Å². The van der Waals surface area contributed by atoms with E-state index < -0.39 is 30.4 Å². The molecule has 2 N–H and O–H groups in total. The normalized spacial score (nSPS) is 19.1. The Morgan fingerprint density at radius 1 is 1.41 bits per heavy atom. The van der Waals surface area contributed by atoms with Gasteiger partial charge in [0.25, 0.3) is 5.91 Å². The summed E-state index contributed by atoms with van der Waals surface area (Å²) in [4.78, 5) is 13.3. The van der Waals surface area contributed by atoms with E-state index in [2.05, 4.69) is 0 Å². The minimum atomic E-state index is -4.36. The number of nitrogen functional groups attached to an aromatic ring is 1. The Hall–Kier alpha value is -1.99. The lowest BCUT2D eigenvalue weighted by atomic mass is 9.96. The van der Waals surface area contributed by atoms with E-state index in [-0.39, 0.29) is 36.4 Å². The van der Waals surface area contributed by atoms with Crippen LogP contribution in [0.2, 0.25) is 0 Å². The summed E-state index contributed by atoms with van der Waals surface area (Å²) in [5.74, 6) is -3.14. The number of halogens is 4. The summed E-state index contributed by atoms with van der Waals surface area (Å²) in [7, 11) is 1.30. The van der Waals surface area contributed by atoms with Crippen LogP contribution in [0, 0.1) is 11.7 Å². The summed E-state index contributed by atoms with van der Waals surface area (Å²) in [6, 6.07) is 2.04. The average Bonchev–Trinajstić information content (AvgIpc) is 2.46. The summed E-state index contributed by atoms with van der Waals surface area (Å²) >= 11 is 0. The number of benzene rings is 1. The number of likely N-dealkylation sites (tertiary alicyclic amines) is 1. The predicted molar refractivity (Wildman–Crippen MR) is 72.0 cm³/mol. The maximum absolute atomic E-state index is 13.9. The monoisotopic (exact) mass is 320 g/mol. The Balaban J connectivity index is 2.24. The summed E-state index contributed by atoms with van der Waals surface area (Å²) in [5.41, 5.74) is 5.20. The third-order valence-electron chi connectivity index (χ3n) is 3.72. The van der Waals surface area contributed by atoms with Crippen molar-refractivity contribution in [3.8, 4) is 5.75 Å². The van der Waals surface area contributed by atoms with E-state index in [0.717, 1.165) is 17.0 Å². The molecule has 1 aliphatic rings. The van der Waals surface area contributed by atoms with Crippen LogP contribution in [0.4, 0.5) is 23.2 Å². The second-order valence-corrected chi connectivity index (χ2v) is 5.21. The van der Waals surface area contributed by atoms with E-state index in [1.54, 1.807) is 0 Å². The highest BCUT2D eigenvalue weighted by Crippen LogP contribution is 2.34. The first kappa shape index (κ1) is 16.4. The SMILES string of the molecule is COc1cc(C(=O)N2CCCC(C(F)(F)F)C2)c(F)cc1N. The van der Waals surface area contributed by atoms with Crippen molar-refractivity contribution < 1.29 is 27.1 Å². The number of ether oxygens (including phenoxy) is 1. The van der Waals surface area contributed by atoms with E-state index in [4.69, 9.17) is 10.5 Å². The van der Waals surface area contributed by atoms with Gasteiger partial charge in [-0.05, 0) is 18.9 Å². The molecule has 0 bridgehead atoms. The van der Waals surface area contributed by atoms with Crippen molar-refractivity contribution in [2.75, 3.05) is 25.9 Å². The minimum Gasteiger partial charge on any atom is -0.495 e. The van der Waals surface area contributed by atoms with Crippen molar-refractivity contribution in [1.82, 2.24) is 4.90 Å². The van der Waals surface area contributed by atoms with Gasteiger partial charge in [-0.2, -0.15) is 13.2 Å². The lowest BCUT2D eigenvalue weighted by Gasteiger charge is -2.33. The van der Waals surface area contributed by atoms with E-state index in [1.807, 2.05) is 0 Å². The van der Waals surface area contributed by atoms with E-state index in [9.17, 15) is 22.4 Å². The van der Waals surface area contributed by atoms with Crippen LogP contribution in [0.15, 0.2) is 12.1 Å². The number of amides is 1. The van der Waals surface area contributed by atoms with E-state index in [0.29, 0.717) is 0 Å². The fourth-order valence-electron chi connectivity index (χ4n) is 2.51. The molecule has 1 saturated heterocycles. The van der Waals surface area contributed by atoms with Crippen LogP contribution in [-0.4, -0.2) is 37.2 Å². The number of nitrogens with zero attached hydrogens (tertiary/aromatic N) is 1. The van der Waals surface area contributed by atoms with Crippen molar-refractivity contribution in [1.29, 1.82) is 0 Å². The fraction of sp³-hybridized carbons (Fsp3) is 0.500. The third kappa shape index (κ3) is 3.26. The Kier molecular flexibility index (Phi) is 4.48. The van der Waals surface area contributed by atoms with E-state index in [1.165, 1.54) is 7.11 Å². The maximum Gasteiger partial charge on any atom is 0.393 e. The number of rotatable bonds is 2. The summed E-state index contributed by atoms with van der Waals surface area (Å²) < 4.78 is 57.2. The molecule has 1 heterocycles. The lowest BCUT2D eigenvalue weighted by molar-refractivity contribution is -0.184. The average molecular weight is 320 g/mol. The van der Waals surface area contributed by atoms with Crippen LogP contribution in [0.5, 0.6) is 5.75 Å². The van der Waals surface area contributed by atoms with Crippen LogP contribution in [0.25, 0.3) is 0 Å². The molecule has 22 heavy (non-hydrogen) atoms. The minimum absolute atomic E-state index is 0.0170. The van der Waals surface area contributed by atoms with Crippen molar-refractivity contribution in [2.45, 2.75) is 19.0 Å². The zero-order valence-electron chi connectivity index (χ0n) is 11.9. The Bertz CT molecular complexity index is 575. The van der Waals surface area contributed by atoms with Crippen molar-refractivity contribution >= 4 is 11.6 Å². The van der Waals surface area contributed by atoms with Crippen LogP contribution in [0.1, 0.15) is 23.2 Å². The molecule has 1 aliphatic heterocycles. The number of anilines is 1. The number of nitrogens with two attached hydrogens (primary N) is 1. The van der Waals surface area contributed by atoms with Gasteiger partial charge in [0, 0.05) is 19.2 Å². The fourth-order valence-corrected chi connectivity index (χ4v) is 2.51. The van der Waals surface area contributed by atoms with Crippen molar-refractivity contribution in [3.63, 3.8) is 0 Å². The van der Waals surface area contributed by atoms with Gasteiger partial charge in [-0.1, -0.05) is 0 Å². The van der Waals surface area contributed by atoms with Gasteiger partial charge in [0.2, 0.25) is 0 Å². The molecule has 122 valence electrons. The first-order valence-corrected chi connectivity index (χ1v) is 6.73. The Morgan fingerprint density at radius 3 is 2.68 bits per heavy atom. The molecule has 1 unspecified atom stereocenters. The first-order chi connectivity index (χ1) is 10.2.